The largest absolute Gasteiger partial charge is 0.495 e. The Kier molecular flexibility index (Phi) is 7.66. The van der Waals surface area contributed by atoms with Crippen LogP contribution in [0.1, 0.15) is 5.56 Å². The number of carbonyl (C=O) groups excluding carboxylic acids is 3. The van der Waals surface area contributed by atoms with Gasteiger partial charge in [0.2, 0.25) is 5.91 Å². The van der Waals surface area contributed by atoms with E-state index < -0.39 is 23.4 Å². The van der Waals surface area contributed by atoms with Crippen LogP contribution in [-0.4, -0.2) is 43.0 Å². The smallest absolute Gasteiger partial charge is 0.325 e. The Morgan fingerprint density at radius 3 is 2.45 bits per heavy atom. The van der Waals surface area contributed by atoms with Crippen molar-refractivity contribution in [3.8, 4) is 5.75 Å². The molecule has 2 rings (SSSR count). The first-order chi connectivity index (χ1) is 13.9. The number of ether oxygens (including phenoxy) is 2. The first-order valence-corrected chi connectivity index (χ1v) is 8.47. The SMILES string of the molecule is COc1ccc([N+](=O)[O-])cc1NC(=O)COC(=O)CNC(=O)Cc1ccccc1. The number of amides is 2. The predicted molar refractivity (Wildman–Crippen MR) is 102 cm³/mol. The van der Waals surface area contributed by atoms with E-state index in [1.54, 1.807) is 24.3 Å². The highest BCUT2D eigenvalue weighted by Gasteiger charge is 2.15. The van der Waals surface area contributed by atoms with E-state index in [0.717, 1.165) is 11.6 Å². The van der Waals surface area contributed by atoms with Gasteiger partial charge in [-0.05, 0) is 11.6 Å². The van der Waals surface area contributed by atoms with Crippen LogP contribution >= 0.6 is 0 Å². The maximum atomic E-state index is 11.9. The van der Waals surface area contributed by atoms with Crippen LogP contribution in [0.2, 0.25) is 0 Å². The lowest BCUT2D eigenvalue weighted by atomic mass is 10.1. The molecule has 10 heteroatoms. The summed E-state index contributed by atoms with van der Waals surface area (Å²) in [7, 11) is 1.34. The molecule has 2 N–H and O–H groups in total. The molecule has 0 aliphatic heterocycles. The average Bonchev–Trinajstić information content (AvgIpc) is 2.71. The molecule has 0 unspecified atom stereocenters. The van der Waals surface area contributed by atoms with E-state index in [0.29, 0.717) is 0 Å². The molecule has 0 bridgehead atoms. The van der Waals surface area contributed by atoms with Crippen molar-refractivity contribution in [1.82, 2.24) is 5.32 Å². The van der Waals surface area contributed by atoms with Gasteiger partial charge in [-0.1, -0.05) is 30.3 Å². The number of nitro groups is 1. The van der Waals surface area contributed by atoms with Gasteiger partial charge in [-0.25, -0.2) is 0 Å². The fraction of sp³-hybridized carbons (Fsp3) is 0.211. The summed E-state index contributed by atoms with van der Waals surface area (Å²) in [4.78, 5) is 45.6. The summed E-state index contributed by atoms with van der Waals surface area (Å²) in [5.41, 5.74) is 0.627. The summed E-state index contributed by atoms with van der Waals surface area (Å²) in [6.45, 7) is -1.02. The molecule has 0 radical (unpaired) electrons. The van der Waals surface area contributed by atoms with Crippen LogP contribution in [0, 0.1) is 10.1 Å². The number of methoxy groups -OCH3 is 1. The third-order valence-electron chi connectivity index (χ3n) is 3.67. The van der Waals surface area contributed by atoms with Crippen molar-refractivity contribution >= 4 is 29.2 Å². The molecular weight excluding hydrogens is 382 g/mol. The van der Waals surface area contributed by atoms with Gasteiger partial charge in [-0.15, -0.1) is 0 Å². The number of nitrogens with zero attached hydrogens (tertiary/aromatic N) is 1. The molecule has 2 amide bonds. The van der Waals surface area contributed by atoms with Crippen molar-refractivity contribution in [1.29, 1.82) is 0 Å². The molecule has 0 spiro atoms. The van der Waals surface area contributed by atoms with Gasteiger partial charge in [-0.3, -0.25) is 24.5 Å². The number of anilines is 1. The first kappa shape index (κ1) is 21.4. The van der Waals surface area contributed by atoms with E-state index in [4.69, 9.17) is 9.47 Å². The minimum Gasteiger partial charge on any atom is -0.495 e. The molecule has 0 heterocycles. The van der Waals surface area contributed by atoms with Gasteiger partial charge in [0, 0.05) is 12.1 Å². The lowest BCUT2D eigenvalue weighted by Gasteiger charge is -2.10. The van der Waals surface area contributed by atoms with Crippen LogP contribution < -0.4 is 15.4 Å². The standard InChI is InChI=1S/C19H19N3O7/c1-28-16-8-7-14(22(26)27)10-15(16)21-18(24)12-29-19(25)11-20-17(23)9-13-5-3-2-4-6-13/h2-8,10H,9,11-12H2,1H3,(H,20,23)(H,21,24). The van der Waals surface area contributed by atoms with Gasteiger partial charge in [-0.2, -0.15) is 0 Å². The zero-order chi connectivity index (χ0) is 21.2. The van der Waals surface area contributed by atoms with E-state index >= 15 is 0 Å². The Balaban J connectivity index is 1.78. The van der Waals surface area contributed by atoms with Crippen molar-refractivity contribution < 1.29 is 28.8 Å². The van der Waals surface area contributed by atoms with Crippen LogP contribution in [0.5, 0.6) is 5.75 Å². The first-order valence-electron chi connectivity index (χ1n) is 8.47. The second-order valence-corrected chi connectivity index (χ2v) is 5.79. The molecule has 0 aliphatic rings. The highest BCUT2D eigenvalue weighted by atomic mass is 16.6. The minimum atomic E-state index is -0.799. The Morgan fingerprint density at radius 1 is 1.07 bits per heavy atom. The molecule has 0 saturated heterocycles. The fourth-order valence-corrected chi connectivity index (χ4v) is 2.31. The van der Waals surface area contributed by atoms with Crippen molar-refractivity contribution in [2.45, 2.75) is 6.42 Å². The number of benzene rings is 2. The summed E-state index contributed by atoms with van der Waals surface area (Å²) in [5.74, 6) is -1.66. The summed E-state index contributed by atoms with van der Waals surface area (Å²) < 4.78 is 9.82. The van der Waals surface area contributed by atoms with Gasteiger partial charge < -0.3 is 20.1 Å². The number of hydrogen-bond donors (Lipinski definition) is 2. The van der Waals surface area contributed by atoms with E-state index in [1.807, 2.05) is 6.07 Å². The number of non-ortho nitro benzene ring substituents is 1. The van der Waals surface area contributed by atoms with Crippen LogP contribution in [0.25, 0.3) is 0 Å². The van der Waals surface area contributed by atoms with Gasteiger partial charge >= 0.3 is 5.97 Å². The fourth-order valence-electron chi connectivity index (χ4n) is 2.31. The van der Waals surface area contributed by atoms with Crippen molar-refractivity contribution in [2.75, 3.05) is 25.6 Å². The highest BCUT2D eigenvalue weighted by Crippen LogP contribution is 2.28. The van der Waals surface area contributed by atoms with Gasteiger partial charge in [0.1, 0.15) is 12.3 Å². The molecule has 2 aromatic rings. The lowest BCUT2D eigenvalue weighted by Crippen LogP contribution is -2.33. The maximum absolute atomic E-state index is 11.9. The summed E-state index contributed by atoms with van der Waals surface area (Å²) in [5, 5.41) is 15.6. The number of esters is 1. The van der Waals surface area contributed by atoms with E-state index in [-0.39, 0.29) is 36.0 Å². The number of nitrogens with one attached hydrogen (secondary N) is 2. The topological polar surface area (TPSA) is 137 Å². The van der Waals surface area contributed by atoms with E-state index in [9.17, 15) is 24.5 Å². The summed E-state index contributed by atoms with van der Waals surface area (Å²) in [6, 6.07) is 12.7. The molecule has 2 aromatic carbocycles. The number of carbonyl (C=O) groups is 3. The third-order valence-corrected chi connectivity index (χ3v) is 3.67. The Labute approximate surface area is 166 Å². The predicted octanol–water partition coefficient (Wildman–Crippen LogP) is 1.44. The second kappa shape index (κ2) is 10.4. The average molecular weight is 401 g/mol. The van der Waals surface area contributed by atoms with E-state index in [1.165, 1.54) is 19.2 Å². The zero-order valence-electron chi connectivity index (χ0n) is 15.5. The number of rotatable bonds is 9. The van der Waals surface area contributed by atoms with Crippen molar-refractivity contribution in [2.24, 2.45) is 0 Å². The quantitative estimate of drug-likeness (QED) is 0.368. The molecule has 0 atom stereocenters. The third kappa shape index (κ3) is 6.94. The van der Waals surface area contributed by atoms with Crippen LogP contribution in [0.3, 0.4) is 0 Å². The summed E-state index contributed by atoms with van der Waals surface area (Å²) in [6.07, 6.45) is 0.112. The normalized spacial score (nSPS) is 9.97. The molecule has 29 heavy (non-hydrogen) atoms. The summed E-state index contributed by atoms with van der Waals surface area (Å²) >= 11 is 0. The molecule has 0 fully saturated rings. The Morgan fingerprint density at radius 2 is 1.79 bits per heavy atom. The van der Waals surface area contributed by atoms with Gasteiger partial charge in [0.15, 0.2) is 6.61 Å². The number of nitro benzene ring substituents is 1. The van der Waals surface area contributed by atoms with Crippen LogP contribution in [-0.2, 0) is 25.5 Å². The molecule has 0 saturated carbocycles. The molecule has 0 aromatic heterocycles. The Hall–Kier alpha value is -3.95. The van der Waals surface area contributed by atoms with Crippen LogP contribution in [0.15, 0.2) is 48.5 Å². The highest BCUT2D eigenvalue weighted by molar-refractivity contribution is 5.94. The molecule has 152 valence electrons. The second-order valence-electron chi connectivity index (χ2n) is 5.79. The molecular formula is C19H19N3O7. The van der Waals surface area contributed by atoms with Gasteiger partial charge in [0.05, 0.1) is 24.1 Å². The molecule has 0 aliphatic carbocycles. The van der Waals surface area contributed by atoms with E-state index in [2.05, 4.69) is 10.6 Å². The van der Waals surface area contributed by atoms with Crippen LogP contribution in [0.4, 0.5) is 11.4 Å². The maximum Gasteiger partial charge on any atom is 0.325 e. The van der Waals surface area contributed by atoms with Crippen molar-refractivity contribution in [3.05, 3.63) is 64.2 Å². The Bertz CT molecular complexity index is 900. The molecule has 10 nitrogen and oxygen atoms in total. The van der Waals surface area contributed by atoms with Crippen molar-refractivity contribution in [3.63, 3.8) is 0 Å². The lowest BCUT2D eigenvalue weighted by molar-refractivity contribution is -0.384. The number of hydrogen-bond acceptors (Lipinski definition) is 7. The monoisotopic (exact) mass is 401 g/mol. The minimum absolute atomic E-state index is 0.0684. The zero-order valence-corrected chi connectivity index (χ0v) is 15.5. The van der Waals surface area contributed by atoms with Gasteiger partial charge in [0.25, 0.3) is 11.6 Å².